The Hall–Kier alpha value is -1.71. The normalized spacial score (nSPS) is 14.9. The lowest BCUT2D eigenvalue weighted by Gasteiger charge is -2.04. The first-order valence-electron chi connectivity index (χ1n) is 4.11. The number of hydrogen-bond acceptors (Lipinski definition) is 2. The van der Waals surface area contributed by atoms with Crippen molar-refractivity contribution in [2.24, 2.45) is 0 Å². The van der Waals surface area contributed by atoms with Crippen molar-refractivity contribution >= 4 is 5.91 Å². The molecule has 4 heteroatoms. The Kier molecular flexibility index (Phi) is 2.04. The lowest BCUT2D eigenvalue weighted by Crippen LogP contribution is -2.22. The summed E-state index contributed by atoms with van der Waals surface area (Å²) in [5.74, 6) is -0.103. The Bertz CT molecular complexity index is 327. The molecule has 0 fully saturated rings. The first-order valence-corrected chi connectivity index (χ1v) is 4.11. The Labute approximate surface area is 75.8 Å². The van der Waals surface area contributed by atoms with E-state index in [0.29, 0.717) is 18.6 Å². The third-order valence-corrected chi connectivity index (χ3v) is 1.84. The van der Waals surface area contributed by atoms with Crippen LogP contribution in [0.2, 0.25) is 0 Å². The van der Waals surface area contributed by atoms with Crippen LogP contribution in [0.3, 0.4) is 0 Å². The van der Waals surface area contributed by atoms with Crippen LogP contribution in [0, 0.1) is 0 Å². The van der Waals surface area contributed by atoms with Gasteiger partial charge < -0.3 is 4.74 Å². The third-order valence-electron chi connectivity index (χ3n) is 1.84. The smallest absolute Gasteiger partial charge is 0.269 e. The predicted molar refractivity (Wildman–Crippen MR) is 47.5 cm³/mol. The van der Waals surface area contributed by atoms with E-state index in [-0.39, 0.29) is 5.91 Å². The van der Waals surface area contributed by atoms with E-state index in [2.05, 4.69) is 5.43 Å². The molecule has 1 aromatic heterocycles. The van der Waals surface area contributed by atoms with Gasteiger partial charge in [-0.1, -0.05) is 0 Å². The zero-order chi connectivity index (χ0) is 9.10. The first-order chi connectivity index (χ1) is 6.36. The largest absolute Gasteiger partial charge is 0.500 e. The number of aromatic nitrogens is 1. The molecule has 0 atom stereocenters. The van der Waals surface area contributed by atoms with Gasteiger partial charge in [-0.05, 0) is 12.1 Å². The van der Waals surface area contributed by atoms with Crippen LogP contribution in [0.15, 0.2) is 36.4 Å². The first kappa shape index (κ1) is 7.91. The van der Waals surface area contributed by atoms with Gasteiger partial charge in [-0.2, -0.15) is 0 Å². The molecule has 1 amide bonds. The molecule has 1 aliphatic heterocycles. The van der Waals surface area contributed by atoms with Gasteiger partial charge in [0, 0.05) is 18.8 Å². The van der Waals surface area contributed by atoms with Crippen LogP contribution in [0.1, 0.15) is 6.42 Å². The van der Waals surface area contributed by atoms with Crippen LogP contribution in [-0.4, -0.2) is 17.2 Å². The molecule has 1 N–H and O–H groups in total. The molecule has 4 nitrogen and oxygen atoms in total. The van der Waals surface area contributed by atoms with E-state index in [1.807, 2.05) is 12.1 Å². The monoisotopic (exact) mass is 178 g/mol. The van der Waals surface area contributed by atoms with E-state index >= 15 is 0 Å². The van der Waals surface area contributed by atoms with E-state index in [1.54, 1.807) is 17.1 Å². The molecule has 0 aromatic carbocycles. The summed E-state index contributed by atoms with van der Waals surface area (Å²) in [6, 6.07) is 3.69. The predicted octanol–water partition coefficient (Wildman–Crippen LogP) is 0.862. The van der Waals surface area contributed by atoms with Crippen molar-refractivity contribution in [2.75, 3.05) is 12.0 Å². The molecule has 0 unspecified atom stereocenters. The van der Waals surface area contributed by atoms with E-state index in [4.69, 9.17) is 4.74 Å². The quantitative estimate of drug-likeness (QED) is 0.730. The van der Waals surface area contributed by atoms with Gasteiger partial charge in [-0.25, -0.2) is 0 Å². The zero-order valence-corrected chi connectivity index (χ0v) is 7.06. The highest BCUT2D eigenvalue weighted by Crippen LogP contribution is 2.10. The van der Waals surface area contributed by atoms with Crippen molar-refractivity contribution in [3.8, 4) is 0 Å². The Morgan fingerprint density at radius 1 is 1.46 bits per heavy atom. The summed E-state index contributed by atoms with van der Waals surface area (Å²) in [5, 5.41) is 0. The molecule has 0 saturated heterocycles. The molecule has 0 radical (unpaired) electrons. The molecule has 0 saturated carbocycles. The van der Waals surface area contributed by atoms with Gasteiger partial charge in [0.05, 0.1) is 18.4 Å². The summed E-state index contributed by atoms with van der Waals surface area (Å²) in [7, 11) is 0. The van der Waals surface area contributed by atoms with Gasteiger partial charge in [0.1, 0.15) is 0 Å². The van der Waals surface area contributed by atoms with Crippen LogP contribution in [-0.2, 0) is 9.53 Å². The standard InChI is InChI=1S/C9H10N2O2/c12-9(8-3-6-13-7-8)10-11-4-1-2-5-11/h1-2,4-5,7H,3,6H2,(H,10,12). The Morgan fingerprint density at radius 3 is 2.85 bits per heavy atom. The molecular formula is C9H10N2O2. The topological polar surface area (TPSA) is 43.3 Å². The lowest BCUT2D eigenvalue weighted by atomic mass is 10.2. The van der Waals surface area contributed by atoms with E-state index < -0.39 is 0 Å². The minimum absolute atomic E-state index is 0.103. The average Bonchev–Trinajstić information content (AvgIpc) is 2.74. The van der Waals surface area contributed by atoms with E-state index in [1.165, 1.54) is 6.26 Å². The number of carbonyl (C=O) groups excluding carboxylic acids is 1. The van der Waals surface area contributed by atoms with Crippen LogP contribution >= 0.6 is 0 Å². The Balaban J connectivity index is 1.99. The highest BCUT2D eigenvalue weighted by Gasteiger charge is 2.13. The number of hydrogen-bond donors (Lipinski definition) is 1. The van der Waals surface area contributed by atoms with Gasteiger partial charge >= 0.3 is 0 Å². The maximum absolute atomic E-state index is 11.4. The van der Waals surface area contributed by atoms with Gasteiger partial charge in [-0.3, -0.25) is 14.9 Å². The minimum Gasteiger partial charge on any atom is -0.500 e. The molecule has 0 bridgehead atoms. The van der Waals surface area contributed by atoms with Crippen molar-refractivity contribution in [1.82, 2.24) is 4.68 Å². The molecule has 68 valence electrons. The van der Waals surface area contributed by atoms with Gasteiger partial charge in [0.15, 0.2) is 0 Å². The SMILES string of the molecule is O=C(Nn1cccc1)C1=COCC1. The van der Waals surface area contributed by atoms with Crippen molar-refractivity contribution in [3.63, 3.8) is 0 Å². The third kappa shape index (κ3) is 1.72. The lowest BCUT2D eigenvalue weighted by molar-refractivity contribution is -0.113. The maximum Gasteiger partial charge on any atom is 0.269 e. The highest BCUT2D eigenvalue weighted by atomic mass is 16.5. The number of rotatable bonds is 2. The molecule has 1 aliphatic rings. The fourth-order valence-electron chi connectivity index (χ4n) is 1.15. The van der Waals surface area contributed by atoms with Crippen molar-refractivity contribution < 1.29 is 9.53 Å². The van der Waals surface area contributed by atoms with Crippen molar-refractivity contribution in [2.45, 2.75) is 6.42 Å². The van der Waals surface area contributed by atoms with Crippen LogP contribution < -0.4 is 5.43 Å². The van der Waals surface area contributed by atoms with Gasteiger partial charge in [0.25, 0.3) is 5.91 Å². The molecule has 0 spiro atoms. The second-order valence-electron chi connectivity index (χ2n) is 2.80. The number of amides is 1. The second kappa shape index (κ2) is 3.35. The van der Waals surface area contributed by atoms with E-state index in [0.717, 1.165) is 0 Å². The molecule has 0 aliphatic carbocycles. The average molecular weight is 178 g/mol. The van der Waals surface area contributed by atoms with Crippen LogP contribution in [0.5, 0.6) is 0 Å². The van der Waals surface area contributed by atoms with E-state index in [9.17, 15) is 4.79 Å². The van der Waals surface area contributed by atoms with Gasteiger partial charge in [-0.15, -0.1) is 0 Å². The number of ether oxygens (including phenoxy) is 1. The van der Waals surface area contributed by atoms with Crippen LogP contribution in [0.4, 0.5) is 0 Å². The molecule has 1 aromatic rings. The maximum atomic E-state index is 11.4. The molecular weight excluding hydrogens is 168 g/mol. The zero-order valence-electron chi connectivity index (χ0n) is 7.06. The summed E-state index contributed by atoms with van der Waals surface area (Å²) < 4.78 is 6.58. The number of carbonyl (C=O) groups is 1. The Morgan fingerprint density at radius 2 is 2.23 bits per heavy atom. The number of nitrogens with zero attached hydrogens (tertiary/aromatic N) is 1. The van der Waals surface area contributed by atoms with Crippen molar-refractivity contribution in [3.05, 3.63) is 36.4 Å². The summed E-state index contributed by atoms with van der Waals surface area (Å²) in [6.45, 7) is 0.606. The molecule has 2 heterocycles. The fourth-order valence-corrected chi connectivity index (χ4v) is 1.15. The summed E-state index contributed by atoms with van der Waals surface area (Å²) in [5.41, 5.74) is 3.38. The van der Waals surface area contributed by atoms with Crippen molar-refractivity contribution in [1.29, 1.82) is 0 Å². The van der Waals surface area contributed by atoms with Gasteiger partial charge in [0.2, 0.25) is 0 Å². The molecule has 2 rings (SSSR count). The second-order valence-corrected chi connectivity index (χ2v) is 2.80. The summed E-state index contributed by atoms with van der Waals surface area (Å²) in [4.78, 5) is 11.4. The summed E-state index contributed by atoms with van der Waals surface area (Å²) >= 11 is 0. The number of nitrogens with one attached hydrogen (secondary N) is 1. The highest BCUT2D eigenvalue weighted by molar-refractivity contribution is 5.99. The fraction of sp³-hybridized carbons (Fsp3) is 0.222. The minimum atomic E-state index is -0.103. The summed E-state index contributed by atoms with van der Waals surface area (Å²) in [6.07, 6.45) is 5.74. The molecule has 13 heavy (non-hydrogen) atoms. The van der Waals surface area contributed by atoms with Crippen LogP contribution in [0.25, 0.3) is 0 Å².